The van der Waals surface area contributed by atoms with Gasteiger partial charge in [-0.05, 0) is 43.5 Å². The molecule has 8 heteroatoms. The van der Waals surface area contributed by atoms with Crippen LogP contribution >= 0.6 is 0 Å². The Hall–Kier alpha value is -2.69. The molecule has 0 radical (unpaired) electrons. The average Bonchev–Trinajstić information content (AvgIpc) is 3.41. The summed E-state index contributed by atoms with van der Waals surface area (Å²) in [5, 5.41) is 6.40. The van der Waals surface area contributed by atoms with Crippen molar-refractivity contribution in [1.82, 2.24) is 15.5 Å². The minimum absolute atomic E-state index is 0.143. The molecule has 2 N–H and O–H groups in total. The fraction of sp³-hybridized carbons (Fsp3) is 0.545. The molecule has 0 aromatic heterocycles. The van der Waals surface area contributed by atoms with E-state index in [4.69, 9.17) is 0 Å². The number of rotatable bonds is 3. The first kappa shape index (κ1) is 22.0. The lowest BCUT2D eigenvalue weighted by Gasteiger charge is -2.21. The third-order valence-corrected chi connectivity index (χ3v) is 5.56. The Balaban J connectivity index is 1.43. The monoisotopic (exact) mass is 420 g/mol. The standard InChI is InChI=1S/C22H27F3N4O/c1-26-21(27-13-4-5-16-8-10-18(11-9-16)22(23,24)25)28-19-12-14-29(15-19)20(30)17-6-2-3-7-17/h8-11,17,19H,2-3,6-7,12-15H2,1H3,(H2,26,27,28). The van der Waals surface area contributed by atoms with Crippen molar-refractivity contribution in [2.45, 2.75) is 44.3 Å². The fourth-order valence-corrected chi connectivity index (χ4v) is 3.91. The van der Waals surface area contributed by atoms with Gasteiger partial charge in [-0.3, -0.25) is 9.79 Å². The van der Waals surface area contributed by atoms with Crippen molar-refractivity contribution in [1.29, 1.82) is 0 Å². The molecule has 0 bridgehead atoms. The number of aliphatic imine (C=N–C) groups is 1. The zero-order chi connectivity index (χ0) is 21.6. The van der Waals surface area contributed by atoms with Gasteiger partial charge in [-0.2, -0.15) is 13.2 Å². The Labute approximate surface area is 175 Å². The zero-order valence-electron chi connectivity index (χ0n) is 17.1. The highest BCUT2D eigenvalue weighted by Crippen LogP contribution is 2.29. The number of guanidine groups is 1. The van der Waals surface area contributed by atoms with Crippen LogP contribution in [0.15, 0.2) is 29.3 Å². The highest BCUT2D eigenvalue weighted by atomic mass is 19.4. The van der Waals surface area contributed by atoms with Crippen LogP contribution in [-0.4, -0.2) is 49.5 Å². The van der Waals surface area contributed by atoms with Crippen LogP contribution in [0.2, 0.25) is 0 Å². The quantitative estimate of drug-likeness (QED) is 0.449. The lowest BCUT2D eigenvalue weighted by molar-refractivity contribution is -0.137. The molecule has 1 saturated heterocycles. The largest absolute Gasteiger partial charge is 0.416 e. The molecule has 30 heavy (non-hydrogen) atoms. The molecule has 1 saturated carbocycles. The van der Waals surface area contributed by atoms with Gasteiger partial charge in [0.25, 0.3) is 0 Å². The number of amides is 1. The van der Waals surface area contributed by atoms with Crippen molar-refractivity contribution in [3.8, 4) is 11.8 Å². The maximum atomic E-state index is 12.6. The molecular formula is C22H27F3N4O. The summed E-state index contributed by atoms with van der Waals surface area (Å²) in [6, 6.07) is 4.91. The van der Waals surface area contributed by atoms with Gasteiger partial charge < -0.3 is 15.5 Å². The molecule has 1 atom stereocenters. The van der Waals surface area contributed by atoms with Gasteiger partial charge in [0.1, 0.15) is 0 Å². The molecule has 1 heterocycles. The van der Waals surface area contributed by atoms with E-state index >= 15 is 0 Å². The molecule has 1 amide bonds. The van der Waals surface area contributed by atoms with Gasteiger partial charge in [-0.15, -0.1) is 0 Å². The van der Waals surface area contributed by atoms with Crippen LogP contribution < -0.4 is 10.6 Å². The van der Waals surface area contributed by atoms with Crippen molar-refractivity contribution in [3.05, 3.63) is 35.4 Å². The zero-order valence-corrected chi connectivity index (χ0v) is 17.1. The second-order valence-corrected chi connectivity index (χ2v) is 7.70. The molecule has 0 spiro atoms. The van der Waals surface area contributed by atoms with Crippen molar-refractivity contribution < 1.29 is 18.0 Å². The number of alkyl halides is 3. The Morgan fingerprint density at radius 3 is 2.53 bits per heavy atom. The lowest BCUT2D eigenvalue weighted by atomic mass is 10.1. The van der Waals surface area contributed by atoms with Crippen molar-refractivity contribution in [3.63, 3.8) is 0 Å². The van der Waals surface area contributed by atoms with E-state index in [1.807, 2.05) is 4.90 Å². The number of benzene rings is 1. The molecule has 162 valence electrons. The number of carbonyl (C=O) groups excluding carboxylic acids is 1. The normalized spacial score (nSPS) is 20.1. The average molecular weight is 420 g/mol. The van der Waals surface area contributed by atoms with Crippen LogP contribution in [0.4, 0.5) is 13.2 Å². The Kier molecular flexibility index (Phi) is 7.24. The Morgan fingerprint density at radius 2 is 1.90 bits per heavy atom. The minimum atomic E-state index is -4.34. The molecule has 2 fully saturated rings. The third-order valence-electron chi connectivity index (χ3n) is 5.56. The number of hydrogen-bond acceptors (Lipinski definition) is 2. The van der Waals surface area contributed by atoms with Gasteiger partial charge in [0, 0.05) is 37.7 Å². The van der Waals surface area contributed by atoms with E-state index < -0.39 is 11.7 Å². The summed E-state index contributed by atoms with van der Waals surface area (Å²) in [5.74, 6) is 6.79. The van der Waals surface area contributed by atoms with E-state index in [9.17, 15) is 18.0 Å². The summed E-state index contributed by atoms with van der Waals surface area (Å²) in [4.78, 5) is 18.7. The van der Waals surface area contributed by atoms with E-state index in [-0.39, 0.29) is 17.9 Å². The summed E-state index contributed by atoms with van der Waals surface area (Å²) >= 11 is 0. The molecule has 1 aromatic carbocycles. The number of nitrogens with one attached hydrogen (secondary N) is 2. The summed E-state index contributed by atoms with van der Waals surface area (Å²) in [6.07, 6.45) is 0.841. The van der Waals surface area contributed by atoms with Crippen molar-refractivity contribution in [2.24, 2.45) is 10.9 Å². The van der Waals surface area contributed by atoms with Crippen LogP contribution in [0.3, 0.4) is 0 Å². The number of halogens is 3. The van der Waals surface area contributed by atoms with E-state index in [0.29, 0.717) is 24.6 Å². The Morgan fingerprint density at radius 1 is 1.20 bits per heavy atom. The van der Waals surface area contributed by atoms with Gasteiger partial charge in [0.2, 0.25) is 5.91 Å². The topological polar surface area (TPSA) is 56.7 Å². The van der Waals surface area contributed by atoms with E-state index in [1.54, 1.807) is 7.05 Å². The first-order valence-electron chi connectivity index (χ1n) is 10.3. The third kappa shape index (κ3) is 5.91. The van der Waals surface area contributed by atoms with E-state index in [1.165, 1.54) is 12.1 Å². The second-order valence-electron chi connectivity index (χ2n) is 7.70. The maximum absolute atomic E-state index is 12.6. The fourth-order valence-electron chi connectivity index (χ4n) is 3.91. The SMILES string of the molecule is CN=C(NCC#Cc1ccc(C(F)(F)F)cc1)NC1CCN(C(=O)C2CCCC2)C1. The van der Waals surface area contributed by atoms with Gasteiger partial charge in [-0.1, -0.05) is 24.7 Å². The molecular weight excluding hydrogens is 393 g/mol. The summed E-state index contributed by atoms with van der Waals surface area (Å²) < 4.78 is 37.7. The van der Waals surface area contributed by atoms with Gasteiger partial charge in [-0.25, -0.2) is 0 Å². The molecule has 1 aromatic rings. The molecule has 3 rings (SSSR count). The van der Waals surface area contributed by atoms with Crippen LogP contribution in [-0.2, 0) is 11.0 Å². The number of nitrogens with zero attached hydrogens (tertiary/aromatic N) is 2. The lowest BCUT2D eigenvalue weighted by Crippen LogP contribution is -2.45. The highest BCUT2D eigenvalue weighted by molar-refractivity contribution is 5.81. The second kappa shape index (κ2) is 9.88. The minimum Gasteiger partial charge on any atom is -0.352 e. The Bertz CT molecular complexity index is 818. The van der Waals surface area contributed by atoms with Gasteiger partial charge >= 0.3 is 6.18 Å². The van der Waals surface area contributed by atoms with Crippen LogP contribution in [0.25, 0.3) is 0 Å². The molecule has 1 unspecified atom stereocenters. The summed E-state index contributed by atoms with van der Waals surface area (Å²) in [7, 11) is 1.66. The van der Waals surface area contributed by atoms with Crippen molar-refractivity contribution >= 4 is 11.9 Å². The summed E-state index contributed by atoms with van der Waals surface area (Å²) in [5.41, 5.74) is -0.169. The van der Waals surface area contributed by atoms with Crippen molar-refractivity contribution in [2.75, 3.05) is 26.7 Å². The first-order valence-corrected chi connectivity index (χ1v) is 10.3. The van der Waals surface area contributed by atoms with Crippen LogP contribution in [0.1, 0.15) is 43.2 Å². The summed E-state index contributed by atoms with van der Waals surface area (Å²) in [6.45, 7) is 1.74. The molecule has 1 aliphatic carbocycles. The van der Waals surface area contributed by atoms with Gasteiger partial charge in [0.05, 0.1) is 12.1 Å². The van der Waals surface area contributed by atoms with Gasteiger partial charge in [0.15, 0.2) is 5.96 Å². The van der Waals surface area contributed by atoms with E-state index in [0.717, 1.165) is 50.8 Å². The molecule has 1 aliphatic heterocycles. The van der Waals surface area contributed by atoms with E-state index in [2.05, 4.69) is 27.5 Å². The first-order chi connectivity index (χ1) is 14.4. The number of likely N-dealkylation sites (tertiary alicyclic amines) is 1. The molecule has 2 aliphatic rings. The number of carbonyl (C=O) groups is 1. The smallest absolute Gasteiger partial charge is 0.352 e. The highest BCUT2D eigenvalue weighted by Gasteiger charge is 2.32. The number of hydrogen-bond donors (Lipinski definition) is 2. The maximum Gasteiger partial charge on any atom is 0.416 e. The molecule has 5 nitrogen and oxygen atoms in total. The van der Waals surface area contributed by atoms with Crippen LogP contribution in [0, 0.1) is 17.8 Å². The predicted octanol–water partition coefficient (Wildman–Crippen LogP) is 3.01. The van der Waals surface area contributed by atoms with Crippen LogP contribution in [0.5, 0.6) is 0 Å². The predicted molar refractivity (Wildman–Crippen MR) is 110 cm³/mol.